The van der Waals surface area contributed by atoms with Crippen LogP contribution in [0.1, 0.15) is 0 Å². The van der Waals surface area contributed by atoms with Crippen LogP contribution in [0.25, 0.3) is 0 Å². The van der Waals surface area contributed by atoms with Gasteiger partial charge in [0.2, 0.25) is 26.0 Å². The molecule has 0 heterocycles. The van der Waals surface area contributed by atoms with Crippen LogP contribution in [0.4, 0.5) is 17.1 Å². The summed E-state index contributed by atoms with van der Waals surface area (Å²) in [6.07, 6.45) is 2.04. The van der Waals surface area contributed by atoms with Crippen LogP contribution in [-0.4, -0.2) is 48.8 Å². The summed E-state index contributed by atoms with van der Waals surface area (Å²) in [7, 11) is -5.84. The Morgan fingerprint density at radius 2 is 1.64 bits per heavy atom. The average molecular weight is 446 g/mol. The SMILES string of the molecule is CN(c1cccc(NC(=O)CN(c2ccccc2Cl)S(C)(=O)=O)c1)S(C)(=O)=O. The zero-order valence-electron chi connectivity index (χ0n) is 15.5. The molecule has 0 aliphatic rings. The van der Waals surface area contributed by atoms with E-state index < -0.39 is 32.5 Å². The standard InChI is InChI=1S/C17H20ClN3O5S2/c1-20(27(2,23)24)14-8-6-7-13(11-14)19-17(22)12-21(28(3,25)26)16-10-5-4-9-15(16)18/h4-11H,12H2,1-3H3,(H,19,22). The fourth-order valence-corrected chi connectivity index (χ4v) is 3.99. The molecule has 0 atom stereocenters. The van der Waals surface area contributed by atoms with Gasteiger partial charge in [0.1, 0.15) is 6.54 Å². The number of hydrogen-bond acceptors (Lipinski definition) is 5. The Labute approximate surface area is 169 Å². The second-order valence-corrected chi connectivity index (χ2v) is 10.4. The minimum absolute atomic E-state index is 0.187. The molecule has 1 N–H and O–H groups in total. The first-order valence-electron chi connectivity index (χ1n) is 7.95. The molecule has 28 heavy (non-hydrogen) atoms. The van der Waals surface area contributed by atoms with E-state index >= 15 is 0 Å². The van der Waals surface area contributed by atoms with Crippen LogP contribution in [-0.2, 0) is 24.8 Å². The van der Waals surface area contributed by atoms with Gasteiger partial charge in [0.15, 0.2) is 0 Å². The molecule has 0 aromatic heterocycles. The fraction of sp³-hybridized carbons (Fsp3) is 0.235. The third-order valence-corrected chi connectivity index (χ3v) is 6.45. The molecule has 0 spiro atoms. The Balaban J connectivity index is 2.24. The quantitative estimate of drug-likeness (QED) is 0.703. The zero-order chi connectivity index (χ0) is 21.1. The first-order valence-corrected chi connectivity index (χ1v) is 12.0. The van der Waals surface area contributed by atoms with E-state index in [0.717, 1.165) is 21.1 Å². The lowest BCUT2D eigenvalue weighted by Crippen LogP contribution is -2.37. The molecule has 0 saturated heterocycles. The van der Waals surface area contributed by atoms with Gasteiger partial charge in [-0.3, -0.25) is 13.4 Å². The Morgan fingerprint density at radius 1 is 1.00 bits per heavy atom. The molecule has 8 nitrogen and oxygen atoms in total. The van der Waals surface area contributed by atoms with Crippen LogP contribution in [0, 0.1) is 0 Å². The number of hydrogen-bond donors (Lipinski definition) is 1. The molecule has 1 amide bonds. The number of nitrogens with zero attached hydrogens (tertiary/aromatic N) is 2. The van der Waals surface area contributed by atoms with Crippen molar-refractivity contribution in [2.75, 3.05) is 40.0 Å². The highest BCUT2D eigenvalue weighted by Gasteiger charge is 2.23. The third-order valence-electron chi connectivity index (χ3n) is 3.80. The van der Waals surface area contributed by atoms with E-state index in [0.29, 0.717) is 11.4 Å². The monoisotopic (exact) mass is 445 g/mol. The number of sulfonamides is 2. The summed E-state index contributed by atoms with van der Waals surface area (Å²) in [6.45, 7) is -0.491. The number of benzene rings is 2. The Hall–Kier alpha value is -2.30. The Kier molecular flexibility index (Phi) is 6.58. The van der Waals surface area contributed by atoms with E-state index in [1.54, 1.807) is 30.3 Å². The molecule has 2 aromatic rings. The van der Waals surface area contributed by atoms with Crippen molar-refractivity contribution in [1.82, 2.24) is 0 Å². The first kappa shape index (κ1) is 22.0. The van der Waals surface area contributed by atoms with E-state index in [1.807, 2.05) is 0 Å². The van der Waals surface area contributed by atoms with Gasteiger partial charge >= 0.3 is 0 Å². The van der Waals surface area contributed by atoms with Crippen molar-refractivity contribution in [1.29, 1.82) is 0 Å². The molecule has 2 aromatic carbocycles. The summed E-state index contributed by atoms with van der Waals surface area (Å²) < 4.78 is 49.6. The summed E-state index contributed by atoms with van der Waals surface area (Å²) in [5, 5.41) is 2.76. The summed E-state index contributed by atoms with van der Waals surface area (Å²) in [4.78, 5) is 12.4. The molecule has 0 radical (unpaired) electrons. The van der Waals surface area contributed by atoms with Crippen molar-refractivity contribution in [2.24, 2.45) is 0 Å². The van der Waals surface area contributed by atoms with Crippen LogP contribution in [0.5, 0.6) is 0 Å². The summed E-state index contributed by atoms with van der Waals surface area (Å²) in [5.74, 6) is -0.607. The molecule has 0 bridgehead atoms. The van der Waals surface area contributed by atoms with Crippen molar-refractivity contribution in [3.05, 3.63) is 53.6 Å². The molecule has 0 aliphatic carbocycles. The van der Waals surface area contributed by atoms with Crippen LogP contribution >= 0.6 is 11.6 Å². The minimum atomic E-state index is -3.77. The van der Waals surface area contributed by atoms with Crippen molar-refractivity contribution in [3.8, 4) is 0 Å². The topological polar surface area (TPSA) is 104 Å². The molecular formula is C17H20ClN3O5S2. The van der Waals surface area contributed by atoms with Gasteiger partial charge in [-0.15, -0.1) is 0 Å². The summed E-state index contributed by atoms with van der Waals surface area (Å²) in [6, 6.07) is 12.5. The highest BCUT2D eigenvalue weighted by Crippen LogP contribution is 2.27. The van der Waals surface area contributed by atoms with E-state index in [9.17, 15) is 21.6 Å². The van der Waals surface area contributed by atoms with E-state index in [4.69, 9.17) is 11.6 Å². The second-order valence-electron chi connectivity index (χ2n) is 6.05. The number of nitrogens with one attached hydrogen (secondary N) is 1. The molecule has 11 heteroatoms. The predicted octanol–water partition coefficient (Wildman–Crippen LogP) is 2.14. The van der Waals surface area contributed by atoms with Crippen molar-refractivity contribution in [2.45, 2.75) is 0 Å². The van der Waals surface area contributed by atoms with Crippen LogP contribution in [0.2, 0.25) is 5.02 Å². The maximum Gasteiger partial charge on any atom is 0.245 e. The van der Waals surface area contributed by atoms with Gasteiger partial charge in [0, 0.05) is 12.7 Å². The molecule has 0 aliphatic heterocycles. The number of halogens is 1. The summed E-state index contributed by atoms with van der Waals surface area (Å²) >= 11 is 6.07. The van der Waals surface area contributed by atoms with Crippen molar-refractivity contribution in [3.63, 3.8) is 0 Å². The second kappa shape index (κ2) is 8.38. The summed E-state index contributed by atoms with van der Waals surface area (Å²) in [5.41, 5.74) is 0.865. The minimum Gasteiger partial charge on any atom is -0.324 e. The highest BCUT2D eigenvalue weighted by molar-refractivity contribution is 7.92. The van der Waals surface area contributed by atoms with Crippen molar-refractivity contribution >= 4 is 54.6 Å². The third kappa shape index (κ3) is 5.60. The van der Waals surface area contributed by atoms with Gasteiger partial charge in [-0.2, -0.15) is 0 Å². The normalized spacial score (nSPS) is 11.7. The molecule has 0 saturated carbocycles. The maximum absolute atomic E-state index is 12.4. The smallest absolute Gasteiger partial charge is 0.245 e. The van der Waals surface area contributed by atoms with Gasteiger partial charge in [-0.1, -0.05) is 29.8 Å². The van der Waals surface area contributed by atoms with Crippen molar-refractivity contribution < 1.29 is 21.6 Å². The first-order chi connectivity index (χ1) is 12.9. The lowest BCUT2D eigenvalue weighted by atomic mass is 10.2. The Morgan fingerprint density at radius 3 is 2.21 bits per heavy atom. The van der Waals surface area contributed by atoms with E-state index in [-0.39, 0.29) is 10.7 Å². The number of carbonyl (C=O) groups excluding carboxylic acids is 1. The zero-order valence-corrected chi connectivity index (χ0v) is 17.8. The molecule has 152 valence electrons. The van der Waals surface area contributed by atoms with Gasteiger partial charge in [0.05, 0.1) is 28.9 Å². The molecule has 0 fully saturated rings. The number of para-hydroxylation sites is 1. The van der Waals surface area contributed by atoms with Gasteiger partial charge in [-0.05, 0) is 30.3 Å². The van der Waals surface area contributed by atoms with Gasteiger partial charge < -0.3 is 5.32 Å². The molecule has 2 rings (SSSR count). The lowest BCUT2D eigenvalue weighted by molar-refractivity contribution is -0.114. The number of anilines is 3. The van der Waals surface area contributed by atoms with Gasteiger partial charge in [0.25, 0.3) is 0 Å². The lowest BCUT2D eigenvalue weighted by Gasteiger charge is -2.23. The van der Waals surface area contributed by atoms with Crippen LogP contribution < -0.4 is 13.9 Å². The average Bonchev–Trinajstić information content (AvgIpc) is 2.58. The fourth-order valence-electron chi connectivity index (χ4n) is 2.34. The maximum atomic E-state index is 12.4. The van der Waals surface area contributed by atoms with Gasteiger partial charge in [-0.25, -0.2) is 16.8 Å². The van der Waals surface area contributed by atoms with E-state index in [1.165, 1.54) is 25.2 Å². The molecule has 0 unspecified atom stereocenters. The number of rotatable bonds is 7. The highest BCUT2D eigenvalue weighted by atomic mass is 35.5. The number of carbonyl (C=O) groups is 1. The Bertz CT molecular complexity index is 1090. The van der Waals surface area contributed by atoms with Crippen LogP contribution in [0.15, 0.2) is 48.5 Å². The number of amides is 1. The van der Waals surface area contributed by atoms with E-state index in [2.05, 4.69) is 5.32 Å². The largest absolute Gasteiger partial charge is 0.324 e. The predicted molar refractivity (Wildman–Crippen MR) is 112 cm³/mol. The van der Waals surface area contributed by atoms with Crippen LogP contribution in [0.3, 0.4) is 0 Å². The molecular weight excluding hydrogens is 426 g/mol.